The fourth-order valence-electron chi connectivity index (χ4n) is 1.18. The number of ether oxygens (including phenoxy) is 1. The summed E-state index contributed by atoms with van der Waals surface area (Å²) in [5, 5.41) is 0.482. The van der Waals surface area contributed by atoms with Crippen LogP contribution in [-0.4, -0.2) is 18.3 Å². The zero-order valence-electron chi connectivity index (χ0n) is 9.82. The highest BCUT2D eigenvalue weighted by Gasteiger charge is 2.10. The van der Waals surface area contributed by atoms with Gasteiger partial charge in [-0.05, 0) is 24.6 Å². The van der Waals surface area contributed by atoms with Gasteiger partial charge in [0.1, 0.15) is 0 Å². The van der Waals surface area contributed by atoms with Crippen molar-refractivity contribution in [1.82, 2.24) is 0 Å². The van der Waals surface area contributed by atoms with Crippen LogP contribution in [-0.2, 0) is 4.74 Å². The number of hydrogen-bond acceptors (Lipinski definition) is 4. The van der Waals surface area contributed by atoms with Crippen molar-refractivity contribution in [3.8, 4) is 0 Å². The number of rotatable bonds is 4. The van der Waals surface area contributed by atoms with E-state index in [-0.39, 0.29) is 5.97 Å². The smallest absolute Gasteiger partial charge is 0.337 e. The summed E-state index contributed by atoms with van der Waals surface area (Å²) in [6, 6.07) is 5.22. The highest BCUT2D eigenvalue weighted by atomic mass is 32.2. The van der Waals surface area contributed by atoms with Crippen molar-refractivity contribution in [3.63, 3.8) is 0 Å². The largest absolute Gasteiger partial charge is 0.465 e. The van der Waals surface area contributed by atoms with E-state index in [2.05, 4.69) is 18.6 Å². The van der Waals surface area contributed by atoms with Crippen LogP contribution in [0.1, 0.15) is 30.6 Å². The van der Waals surface area contributed by atoms with Crippen LogP contribution in [0.2, 0.25) is 0 Å². The SMILES string of the molecule is CCC(C)Sc1cc(C(=O)OC)ccc1N. The Hall–Kier alpha value is -1.16. The molecule has 2 N–H and O–H groups in total. The molecule has 0 aliphatic carbocycles. The second kappa shape index (κ2) is 5.80. The molecule has 1 unspecified atom stereocenters. The molecule has 0 fully saturated rings. The van der Waals surface area contributed by atoms with E-state index in [4.69, 9.17) is 5.73 Å². The maximum Gasteiger partial charge on any atom is 0.337 e. The summed E-state index contributed by atoms with van der Waals surface area (Å²) < 4.78 is 4.67. The Balaban J connectivity index is 2.94. The normalized spacial score (nSPS) is 12.2. The molecular formula is C12H17NO2S. The van der Waals surface area contributed by atoms with Crippen molar-refractivity contribution < 1.29 is 9.53 Å². The maximum absolute atomic E-state index is 11.4. The highest BCUT2D eigenvalue weighted by molar-refractivity contribution is 8.00. The lowest BCUT2D eigenvalue weighted by Gasteiger charge is -2.11. The average molecular weight is 239 g/mol. The minimum absolute atomic E-state index is 0.328. The zero-order valence-corrected chi connectivity index (χ0v) is 10.6. The molecule has 0 amide bonds. The van der Waals surface area contributed by atoms with Gasteiger partial charge >= 0.3 is 5.97 Å². The molecule has 3 nitrogen and oxygen atoms in total. The number of carbonyl (C=O) groups excluding carboxylic acids is 1. The van der Waals surface area contributed by atoms with Crippen LogP contribution in [0, 0.1) is 0 Å². The highest BCUT2D eigenvalue weighted by Crippen LogP contribution is 2.30. The summed E-state index contributed by atoms with van der Waals surface area (Å²) in [6.07, 6.45) is 1.06. The van der Waals surface area contributed by atoms with Gasteiger partial charge in [0.05, 0.1) is 12.7 Å². The number of esters is 1. The lowest BCUT2D eigenvalue weighted by molar-refractivity contribution is 0.0600. The fraction of sp³-hybridized carbons (Fsp3) is 0.417. The van der Waals surface area contributed by atoms with Crippen LogP contribution in [0.3, 0.4) is 0 Å². The van der Waals surface area contributed by atoms with E-state index in [0.29, 0.717) is 16.5 Å². The topological polar surface area (TPSA) is 52.3 Å². The van der Waals surface area contributed by atoms with Crippen molar-refractivity contribution in [2.75, 3.05) is 12.8 Å². The molecular weight excluding hydrogens is 222 g/mol. The van der Waals surface area contributed by atoms with E-state index in [1.165, 1.54) is 7.11 Å². The number of thioether (sulfide) groups is 1. The average Bonchev–Trinajstić information content (AvgIpc) is 2.30. The molecule has 0 bridgehead atoms. The predicted octanol–water partition coefficient (Wildman–Crippen LogP) is 2.95. The standard InChI is InChI=1S/C12H17NO2S/c1-4-8(2)16-11-7-9(12(14)15-3)5-6-10(11)13/h5-8H,4,13H2,1-3H3. The summed E-state index contributed by atoms with van der Waals surface area (Å²) >= 11 is 1.68. The number of nitrogens with two attached hydrogens (primary N) is 1. The van der Waals surface area contributed by atoms with E-state index >= 15 is 0 Å². The first-order chi connectivity index (χ1) is 7.58. The number of benzene rings is 1. The van der Waals surface area contributed by atoms with Gasteiger partial charge in [-0.15, -0.1) is 11.8 Å². The lowest BCUT2D eigenvalue weighted by Crippen LogP contribution is -2.03. The summed E-state index contributed by atoms with van der Waals surface area (Å²) in [6.45, 7) is 4.26. The van der Waals surface area contributed by atoms with Crippen LogP contribution < -0.4 is 5.73 Å². The Morgan fingerprint density at radius 2 is 2.25 bits per heavy atom. The molecule has 1 rings (SSSR count). The number of anilines is 1. The van der Waals surface area contributed by atoms with E-state index < -0.39 is 0 Å². The van der Waals surface area contributed by atoms with Gasteiger partial charge in [0.2, 0.25) is 0 Å². The first-order valence-corrected chi connectivity index (χ1v) is 6.11. The van der Waals surface area contributed by atoms with Crippen LogP contribution in [0.5, 0.6) is 0 Å². The third-order valence-electron chi connectivity index (χ3n) is 2.34. The summed E-state index contributed by atoms with van der Waals surface area (Å²) in [4.78, 5) is 12.3. The second-order valence-corrected chi connectivity index (χ2v) is 5.06. The minimum atomic E-state index is -0.328. The summed E-state index contributed by atoms with van der Waals surface area (Å²) in [5.41, 5.74) is 7.11. The first-order valence-electron chi connectivity index (χ1n) is 5.23. The van der Waals surface area contributed by atoms with Gasteiger partial charge in [-0.2, -0.15) is 0 Å². The van der Waals surface area contributed by atoms with E-state index in [9.17, 15) is 4.79 Å². The van der Waals surface area contributed by atoms with Crippen molar-refractivity contribution in [2.24, 2.45) is 0 Å². The van der Waals surface area contributed by atoms with Gasteiger partial charge < -0.3 is 10.5 Å². The Bertz CT molecular complexity index is 379. The van der Waals surface area contributed by atoms with Gasteiger partial charge in [-0.25, -0.2) is 4.79 Å². The molecule has 0 saturated carbocycles. The van der Waals surface area contributed by atoms with Crippen molar-refractivity contribution in [2.45, 2.75) is 30.4 Å². The number of hydrogen-bond donors (Lipinski definition) is 1. The second-order valence-electron chi connectivity index (χ2n) is 3.58. The minimum Gasteiger partial charge on any atom is -0.465 e. The van der Waals surface area contributed by atoms with E-state index in [0.717, 1.165) is 11.3 Å². The Morgan fingerprint density at radius 1 is 1.56 bits per heavy atom. The van der Waals surface area contributed by atoms with Crippen LogP contribution in [0.15, 0.2) is 23.1 Å². The van der Waals surface area contributed by atoms with Crippen LogP contribution in [0.25, 0.3) is 0 Å². The van der Waals surface area contributed by atoms with Crippen LogP contribution in [0.4, 0.5) is 5.69 Å². The van der Waals surface area contributed by atoms with Gasteiger partial charge in [-0.3, -0.25) is 0 Å². The molecule has 88 valence electrons. The third kappa shape index (κ3) is 3.17. The summed E-state index contributed by atoms with van der Waals surface area (Å²) in [5.74, 6) is -0.328. The predicted molar refractivity (Wildman–Crippen MR) is 67.8 cm³/mol. The molecule has 0 spiro atoms. The molecule has 0 aliphatic rings. The molecule has 1 aromatic carbocycles. The number of carbonyl (C=O) groups is 1. The third-order valence-corrected chi connectivity index (χ3v) is 3.68. The quantitative estimate of drug-likeness (QED) is 0.498. The fourth-order valence-corrected chi connectivity index (χ4v) is 2.18. The molecule has 0 aliphatic heterocycles. The Kier molecular flexibility index (Phi) is 4.68. The zero-order chi connectivity index (χ0) is 12.1. The van der Waals surface area contributed by atoms with Crippen LogP contribution >= 0.6 is 11.8 Å². The lowest BCUT2D eigenvalue weighted by atomic mass is 10.2. The molecule has 0 radical (unpaired) electrons. The summed E-state index contributed by atoms with van der Waals surface area (Å²) in [7, 11) is 1.38. The first kappa shape index (κ1) is 12.9. The van der Waals surface area contributed by atoms with Gasteiger partial charge in [0, 0.05) is 15.8 Å². The Labute approximate surface area is 100 Å². The van der Waals surface area contributed by atoms with Crippen molar-refractivity contribution >= 4 is 23.4 Å². The number of methoxy groups -OCH3 is 1. The molecule has 1 aromatic rings. The molecule has 0 aromatic heterocycles. The van der Waals surface area contributed by atoms with Gasteiger partial charge in [-0.1, -0.05) is 13.8 Å². The Morgan fingerprint density at radius 3 is 2.81 bits per heavy atom. The maximum atomic E-state index is 11.4. The van der Waals surface area contributed by atoms with E-state index in [1.807, 2.05) is 0 Å². The molecule has 0 heterocycles. The molecule has 16 heavy (non-hydrogen) atoms. The number of nitrogen functional groups attached to an aromatic ring is 1. The molecule has 0 saturated heterocycles. The molecule has 4 heteroatoms. The monoisotopic (exact) mass is 239 g/mol. The van der Waals surface area contributed by atoms with Crippen molar-refractivity contribution in [1.29, 1.82) is 0 Å². The van der Waals surface area contributed by atoms with Gasteiger partial charge in [0.25, 0.3) is 0 Å². The van der Waals surface area contributed by atoms with Crippen molar-refractivity contribution in [3.05, 3.63) is 23.8 Å². The van der Waals surface area contributed by atoms with E-state index in [1.54, 1.807) is 30.0 Å². The van der Waals surface area contributed by atoms with Gasteiger partial charge in [0.15, 0.2) is 0 Å². The molecule has 1 atom stereocenters.